The number of hydrogen-bond donors (Lipinski definition) is 3. The van der Waals surface area contributed by atoms with Crippen molar-refractivity contribution in [2.24, 2.45) is 0 Å². The van der Waals surface area contributed by atoms with Crippen molar-refractivity contribution in [2.75, 3.05) is 19.7 Å². The van der Waals surface area contributed by atoms with E-state index in [4.69, 9.17) is 14.9 Å². The van der Waals surface area contributed by atoms with Crippen LogP contribution < -0.4 is 10.1 Å². The SMILES string of the molecule is O=C(O)c1ccc(OCCNCC(O)C(F)F)cc1. The third kappa shape index (κ3) is 5.62. The Morgan fingerprint density at radius 2 is 1.95 bits per heavy atom. The van der Waals surface area contributed by atoms with Crippen molar-refractivity contribution in [3.05, 3.63) is 29.8 Å². The molecule has 0 radical (unpaired) electrons. The molecule has 7 heteroatoms. The van der Waals surface area contributed by atoms with Crippen molar-refractivity contribution in [3.8, 4) is 5.75 Å². The normalized spacial score (nSPS) is 12.4. The summed E-state index contributed by atoms with van der Waals surface area (Å²) in [6, 6.07) is 5.84. The topological polar surface area (TPSA) is 78.8 Å². The Labute approximate surface area is 108 Å². The average molecular weight is 275 g/mol. The minimum atomic E-state index is -2.77. The van der Waals surface area contributed by atoms with E-state index < -0.39 is 18.5 Å². The molecule has 0 aliphatic carbocycles. The fourth-order valence-electron chi connectivity index (χ4n) is 1.27. The molecule has 0 heterocycles. The first-order chi connectivity index (χ1) is 9.00. The zero-order valence-corrected chi connectivity index (χ0v) is 10.1. The van der Waals surface area contributed by atoms with Crippen molar-refractivity contribution < 1.29 is 28.5 Å². The lowest BCUT2D eigenvalue weighted by Crippen LogP contribution is -2.34. The molecule has 0 fully saturated rings. The average Bonchev–Trinajstić information content (AvgIpc) is 2.38. The summed E-state index contributed by atoms with van der Waals surface area (Å²) in [6.45, 7) is 0.311. The standard InChI is InChI=1S/C12H15F2NO4/c13-11(14)10(16)7-15-5-6-19-9-3-1-8(2-4-9)12(17)18/h1-4,10-11,15-16H,5-7H2,(H,17,18). The van der Waals surface area contributed by atoms with E-state index in [0.717, 1.165) is 0 Å². The maximum absolute atomic E-state index is 11.9. The van der Waals surface area contributed by atoms with Crippen LogP contribution in [-0.2, 0) is 0 Å². The molecule has 0 saturated carbocycles. The fourth-order valence-corrected chi connectivity index (χ4v) is 1.27. The molecule has 1 aromatic rings. The van der Waals surface area contributed by atoms with Crippen molar-refractivity contribution >= 4 is 5.97 Å². The van der Waals surface area contributed by atoms with Crippen LogP contribution in [0, 0.1) is 0 Å². The van der Waals surface area contributed by atoms with Gasteiger partial charge >= 0.3 is 5.97 Å². The minimum Gasteiger partial charge on any atom is -0.492 e. The Hall–Kier alpha value is -1.73. The Morgan fingerprint density at radius 1 is 1.32 bits per heavy atom. The summed E-state index contributed by atoms with van der Waals surface area (Å²) in [5, 5.41) is 20.1. The molecule has 1 rings (SSSR count). The van der Waals surface area contributed by atoms with Crippen molar-refractivity contribution in [3.63, 3.8) is 0 Å². The van der Waals surface area contributed by atoms with Gasteiger partial charge in [-0.25, -0.2) is 13.6 Å². The van der Waals surface area contributed by atoms with Crippen LogP contribution in [0.1, 0.15) is 10.4 Å². The van der Waals surface area contributed by atoms with Crippen LogP contribution in [0.3, 0.4) is 0 Å². The second kappa shape index (κ2) is 7.65. The molecule has 1 atom stereocenters. The second-order valence-electron chi connectivity index (χ2n) is 3.78. The Kier molecular flexibility index (Phi) is 6.17. The molecule has 106 valence electrons. The number of carboxylic acids is 1. The summed E-state index contributed by atoms with van der Waals surface area (Å²) < 4.78 is 29.1. The van der Waals surface area contributed by atoms with Gasteiger partial charge in [0.2, 0.25) is 0 Å². The van der Waals surface area contributed by atoms with Crippen LogP contribution in [0.5, 0.6) is 5.75 Å². The quantitative estimate of drug-likeness (QED) is 0.616. The smallest absolute Gasteiger partial charge is 0.335 e. The van der Waals surface area contributed by atoms with E-state index in [0.29, 0.717) is 12.3 Å². The van der Waals surface area contributed by atoms with Gasteiger partial charge in [0.15, 0.2) is 0 Å². The molecule has 3 N–H and O–H groups in total. The Balaban J connectivity index is 2.21. The fraction of sp³-hybridized carbons (Fsp3) is 0.417. The van der Waals surface area contributed by atoms with Gasteiger partial charge in [-0.2, -0.15) is 0 Å². The first kappa shape index (κ1) is 15.3. The van der Waals surface area contributed by atoms with E-state index in [9.17, 15) is 13.6 Å². The highest BCUT2D eigenvalue weighted by Crippen LogP contribution is 2.11. The predicted molar refractivity (Wildman–Crippen MR) is 63.8 cm³/mol. The molecule has 5 nitrogen and oxygen atoms in total. The highest BCUT2D eigenvalue weighted by atomic mass is 19.3. The highest BCUT2D eigenvalue weighted by Gasteiger charge is 2.15. The number of aromatic carboxylic acids is 1. The minimum absolute atomic E-state index is 0.158. The van der Waals surface area contributed by atoms with E-state index >= 15 is 0 Å². The van der Waals surface area contributed by atoms with Gasteiger partial charge in [0, 0.05) is 13.1 Å². The second-order valence-corrected chi connectivity index (χ2v) is 3.78. The molecule has 0 bridgehead atoms. The lowest BCUT2D eigenvalue weighted by atomic mass is 10.2. The van der Waals surface area contributed by atoms with Gasteiger partial charge in [-0.15, -0.1) is 0 Å². The van der Waals surface area contributed by atoms with Gasteiger partial charge in [0.1, 0.15) is 18.5 Å². The largest absolute Gasteiger partial charge is 0.492 e. The number of aliphatic hydroxyl groups excluding tert-OH is 1. The molecule has 0 spiro atoms. The van der Waals surface area contributed by atoms with Crippen molar-refractivity contribution in [1.82, 2.24) is 5.32 Å². The number of halogens is 2. The maximum atomic E-state index is 11.9. The molecule has 1 unspecified atom stereocenters. The number of rotatable bonds is 8. The molecular weight excluding hydrogens is 260 g/mol. The number of hydrogen-bond acceptors (Lipinski definition) is 4. The summed E-state index contributed by atoms with van der Waals surface area (Å²) in [5.74, 6) is -0.532. The molecule has 1 aromatic carbocycles. The molecule has 0 aromatic heterocycles. The summed E-state index contributed by atoms with van der Waals surface area (Å²) in [6.07, 6.45) is -4.45. The van der Waals surface area contributed by atoms with E-state index in [2.05, 4.69) is 5.32 Å². The third-order valence-corrected chi connectivity index (χ3v) is 2.29. The summed E-state index contributed by atoms with van der Waals surface area (Å²) in [7, 11) is 0. The number of alkyl halides is 2. The monoisotopic (exact) mass is 275 g/mol. The zero-order chi connectivity index (χ0) is 14.3. The van der Waals surface area contributed by atoms with Crippen LogP contribution in [0.4, 0.5) is 8.78 Å². The summed E-state index contributed by atoms with van der Waals surface area (Å²) in [5.41, 5.74) is 0.158. The van der Waals surface area contributed by atoms with E-state index in [-0.39, 0.29) is 18.7 Å². The zero-order valence-electron chi connectivity index (χ0n) is 10.1. The molecule has 0 aliphatic heterocycles. The van der Waals surface area contributed by atoms with Gasteiger partial charge in [-0.3, -0.25) is 0 Å². The number of carboxylic acid groups (broad SMARTS) is 1. The van der Waals surface area contributed by atoms with Crippen LogP contribution in [0.2, 0.25) is 0 Å². The summed E-state index contributed by atoms with van der Waals surface area (Å²) in [4.78, 5) is 10.6. The van der Waals surface area contributed by atoms with Crippen LogP contribution >= 0.6 is 0 Å². The molecule has 0 saturated heterocycles. The number of aliphatic hydroxyl groups is 1. The summed E-state index contributed by atoms with van der Waals surface area (Å²) >= 11 is 0. The van der Waals surface area contributed by atoms with Crippen LogP contribution in [0.25, 0.3) is 0 Å². The van der Waals surface area contributed by atoms with E-state index in [1.165, 1.54) is 24.3 Å². The number of ether oxygens (including phenoxy) is 1. The molecule has 0 amide bonds. The number of carbonyl (C=O) groups is 1. The van der Waals surface area contributed by atoms with Crippen LogP contribution in [0.15, 0.2) is 24.3 Å². The molecule has 19 heavy (non-hydrogen) atoms. The van der Waals surface area contributed by atoms with Gasteiger partial charge in [-0.1, -0.05) is 0 Å². The maximum Gasteiger partial charge on any atom is 0.335 e. The van der Waals surface area contributed by atoms with E-state index in [1.807, 2.05) is 0 Å². The van der Waals surface area contributed by atoms with Crippen molar-refractivity contribution in [1.29, 1.82) is 0 Å². The van der Waals surface area contributed by atoms with E-state index in [1.54, 1.807) is 0 Å². The van der Waals surface area contributed by atoms with Gasteiger partial charge in [-0.05, 0) is 24.3 Å². The third-order valence-electron chi connectivity index (χ3n) is 2.29. The predicted octanol–water partition coefficient (Wildman–Crippen LogP) is 0.979. The highest BCUT2D eigenvalue weighted by molar-refractivity contribution is 5.87. The van der Waals surface area contributed by atoms with Gasteiger partial charge in [0.05, 0.1) is 5.56 Å². The number of benzene rings is 1. The Bertz CT molecular complexity index is 397. The molecular formula is C12H15F2NO4. The first-order valence-corrected chi connectivity index (χ1v) is 5.64. The lowest BCUT2D eigenvalue weighted by Gasteiger charge is -2.11. The van der Waals surface area contributed by atoms with Gasteiger partial charge in [0.25, 0.3) is 6.43 Å². The van der Waals surface area contributed by atoms with Crippen LogP contribution in [-0.4, -0.2) is 48.4 Å². The number of nitrogens with one attached hydrogen (secondary N) is 1. The van der Waals surface area contributed by atoms with Gasteiger partial charge < -0.3 is 20.3 Å². The molecule has 0 aliphatic rings. The first-order valence-electron chi connectivity index (χ1n) is 5.64. The Morgan fingerprint density at radius 3 is 2.47 bits per heavy atom. The lowest BCUT2D eigenvalue weighted by molar-refractivity contribution is -0.00346. The van der Waals surface area contributed by atoms with Crippen molar-refractivity contribution in [2.45, 2.75) is 12.5 Å².